The van der Waals surface area contributed by atoms with Crippen molar-refractivity contribution in [3.8, 4) is 0 Å². The van der Waals surface area contributed by atoms with Crippen molar-refractivity contribution in [2.24, 2.45) is 0 Å². The second-order valence-corrected chi connectivity index (χ2v) is 6.00. The minimum Gasteiger partial charge on any atom is -0.398 e. The summed E-state index contributed by atoms with van der Waals surface area (Å²) < 4.78 is 1.07. The molecule has 3 nitrogen and oxygen atoms in total. The molecule has 4 heteroatoms. The van der Waals surface area contributed by atoms with Gasteiger partial charge in [0.15, 0.2) is 0 Å². The molecule has 0 saturated carbocycles. The lowest BCUT2D eigenvalue weighted by molar-refractivity contribution is 1.32. The van der Waals surface area contributed by atoms with Crippen molar-refractivity contribution >= 4 is 43.9 Å². The number of aromatic nitrogens is 1. The van der Waals surface area contributed by atoms with Crippen LogP contribution in [-0.2, 0) is 0 Å². The third-order valence-electron chi connectivity index (χ3n) is 3.60. The van der Waals surface area contributed by atoms with Gasteiger partial charge in [0.05, 0.1) is 0 Å². The summed E-state index contributed by atoms with van der Waals surface area (Å²) in [5.41, 5.74) is 10.2. The van der Waals surface area contributed by atoms with E-state index in [9.17, 15) is 0 Å². The molecule has 0 aliphatic carbocycles. The summed E-state index contributed by atoms with van der Waals surface area (Å²) in [7, 11) is 0. The number of nitrogens with one attached hydrogen (secondary N) is 1. The van der Waals surface area contributed by atoms with Gasteiger partial charge in [0.25, 0.3) is 0 Å². The van der Waals surface area contributed by atoms with Crippen LogP contribution in [0.3, 0.4) is 0 Å². The Morgan fingerprint density at radius 1 is 1.05 bits per heavy atom. The molecule has 0 aliphatic rings. The molecule has 0 atom stereocenters. The zero-order valence-electron chi connectivity index (χ0n) is 11.9. The SMILES string of the molecule is Cc1ccc(Nc2nccc3c(N)ccc(C)c23)cc1Br. The minimum atomic E-state index is 0.770. The first-order valence-electron chi connectivity index (χ1n) is 6.73. The standard InChI is InChI=1S/C17H16BrN3/c1-10-3-5-12(9-14(10)18)21-17-16-11(2)4-6-15(19)13(16)7-8-20-17/h3-9H,19H2,1-2H3,(H,20,21). The molecule has 3 rings (SSSR count). The topological polar surface area (TPSA) is 50.9 Å². The first-order valence-corrected chi connectivity index (χ1v) is 7.52. The maximum Gasteiger partial charge on any atom is 0.138 e. The van der Waals surface area contributed by atoms with Gasteiger partial charge in [-0.1, -0.05) is 28.1 Å². The Hall–Kier alpha value is -2.07. The van der Waals surface area contributed by atoms with Gasteiger partial charge in [-0.3, -0.25) is 0 Å². The van der Waals surface area contributed by atoms with Crippen molar-refractivity contribution in [3.05, 3.63) is 58.2 Å². The number of hydrogen-bond donors (Lipinski definition) is 2. The summed E-state index contributed by atoms with van der Waals surface area (Å²) in [6.07, 6.45) is 1.78. The highest BCUT2D eigenvalue weighted by molar-refractivity contribution is 9.10. The smallest absolute Gasteiger partial charge is 0.138 e. The fourth-order valence-electron chi connectivity index (χ4n) is 2.39. The van der Waals surface area contributed by atoms with Gasteiger partial charge in [0, 0.05) is 32.8 Å². The Kier molecular flexibility index (Phi) is 3.55. The number of rotatable bonds is 2. The van der Waals surface area contributed by atoms with Crippen molar-refractivity contribution in [2.45, 2.75) is 13.8 Å². The van der Waals surface area contributed by atoms with Gasteiger partial charge in [-0.05, 0) is 49.2 Å². The van der Waals surface area contributed by atoms with E-state index < -0.39 is 0 Å². The number of nitrogens with two attached hydrogens (primary N) is 1. The maximum absolute atomic E-state index is 6.07. The largest absolute Gasteiger partial charge is 0.398 e. The number of pyridine rings is 1. The Labute approximate surface area is 132 Å². The van der Waals surface area contributed by atoms with Gasteiger partial charge in [-0.25, -0.2) is 4.98 Å². The first kappa shape index (κ1) is 13.9. The van der Waals surface area contributed by atoms with Gasteiger partial charge in [-0.15, -0.1) is 0 Å². The van der Waals surface area contributed by atoms with Crippen LogP contribution in [0.2, 0.25) is 0 Å². The molecule has 0 unspecified atom stereocenters. The van der Waals surface area contributed by atoms with Crippen LogP contribution >= 0.6 is 15.9 Å². The van der Waals surface area contributed by atoms with Gasteiger partial charge in [-0.2, -0.15) is 0 Å². The van der Waals surface area contributed by atoms with E-state index in [0.717, 1.165) is 38.0 Å². The molecule has 0 saturated heterocycles. The molecular weight excluding hydrogens is 326 g/mol. The number of benzene rings is 2. The van der Waals surface area contributed by atoms with E-state index in [4.69, 9.17) is 5.73 Å². The summed E-state index contributed by atoms with van der Waals surface area (Å²) in [6.45, 7) is 4.13. The average molecular weight is 342 g/mol. The maximum atomic E-state index is 6.07. The summed E-state index contributed by atoms with van der Waals surface area (Å²) in [5.74, 6) is 0.827. The van der Waals surface area contributed by atoms with E-state index in [1.165, 1.54) is 5.56 Å². The molecule has 0 radical (unpaired) electrons. The fraction of sp³-hybridized carbons (Fsp3) is 0.118. The molecule has 0 spiro atoms. The predicted molar refractivity (Wildman–Crippen MR) is 93.1 cm³/mol. The normalized spacial score (nSPS) is 10.8. The van der Waals surface area contributed by atoms with Crippen LogP contribution in [0.15, 0.2) is 47.1 Å². The number of hydrogen-bond acceptors (Lipinski definition) is 3. The van der Waals surface area contributed by atoms with Crippen LogP contribution in [0, 0.1) is 13.8 Å². The molecule has 21 heavy (non-hydrogen) atoms. The number of nitrogens with zero attached hydrogens (tertiary/aromatic N) is 1. The van der Waals surface area contributed by atoms with Crippen LogP contribution in [-0.4, -0.2) is 4.98 Å². The molecule has 3 N–H and O–H groups in total. The molecule has 1 heterocycles. The summed E-state index contributed by atoms with van der Waals surface area (Å²) >= 11 is 3.55. The molecule has 1 aromatic heterocycles. The predicted octanol–water partition coefficient (Wildman–Crippen LogP) is 4.94. The second-order valence-electron chi connectivity index (χ2n) is 5.14. The summed E-state index contributed by atoms with van der Waals surface area (Å²) in [4.78, 5) is 4.47. The van der Waals surface area contributed by atoms with Crippen molar-refractivity contribution in [2.75, 3.05) is 11.1 Å². The van der Waals surface area contributed by atoms with Crippen LogP contribution in [0.25, 0.3) is 10.8 Å². The molecule has 0 bridgehead atoms. The Balaban J connectivity index is 2.12. The van der Waals surface area contributed by atoms with Crippen molar-refractivity contribution < 1.29 is 0 Å². The van der Waals surface area contributed by atoms with E-state index in [-0.39, 0.29) is 0 Å². The van der Waals surface area contributed by atoms with Crippen LogP contribution in [0.5, 0.6) is 0 Å². The number of fused-ring (bicyclic) bond motifs is 1. The third-order valence-corrected chi connectivity index (χ3v) is 4.46. The van der Waals surface area contributed by atoms with Gasteiger partial charge in [0.2, 0.25) is 0 Å². The number of halogens is 1. The highest BCUT2D eigenvalue weighted by Gasteiger charge is 2.08. The summed E-state index contributed by atoms with van der Waals surface area (Å²) in [6, 6.07) is 12.1. The molecule has 2 aromatic carbocycles. The number of anilines is 3. The van der Waals surface area contributed by atoms with E-state index >= 15 is 0 Å². The molecule has 0 aliphatic heterocycles. The lowest BCUT2D eigenvalue weighted by Crippen LogP contribution is -1.98. The minimum absolute atomic E-state index is 0.770. The van der Waals surface area contributed by atoms with Crippen molar-refractivity contribution in [1.29, 1.82) is 0 Å². The zero-order chi connectivity index (χ0) is 15.0. The number of nitrogen functional groups attached to an aromatic ring is 1. The lowest BCUT2D eigenvalue weighted by atomic mass is 10.1. The molecular formula is C17H16BrN3. The zero-order valence-corrected chi connectivity index (χ0v) is 13.5. The molecule has 0 amide bonds. The number of aryl methyl sites for hydroxylation is 2. The lowest BCUT2D eigenvalue weighted by Gasteiger charge is -2.13. The van der Waals surface area contributed by atoms with Gasteiger partial charge >= 0.3 is 0 Å². The molecule has 3 aromatic rings. The third kappa shape index (κ3) is 2.59. The van der Waals surface area contributed by atoms with E-state index in [0.29, 0.717) is 0 Å². The highest BCUT2D eigenvalue weighted by atomic mass is 79.9. The van der Waals surface area contributed by atoms with Crippen LogP contribution < -0.4 is 11.1 Å². The quantitative estimate of drug-likeness (QED) is 0.649. The molecule has 106 valence electrons. The van der Waals surface area contributed by atoms with E-state index in [2.05, 4.69) is 52.2 Å². The Morgan fingerprint density at radius 2 is 1.81 bits per heavy atom. The molecule has 0 fully saturated rings. The summed E-state index contributed by atoms with van der Waals surface area (Å²) in [5, 5.41) is 5.48. The van der Waals surface area contributed by atoms with Crippen molar-refractivity contribution in [1.82, 2.24) is 4.98 Å². The van der Waals surface area contributed by atoms with Crippen molar-refractivity contribution in [3.63, 3.8) is 0 Å². The Bertz CT molecular complexity index is 828. The highest BCUT2D eigenvalue weighted by Crippen LogP contribution is 2.31. The van der Waals surface area contributed by atoms with Gasteiger partial charge < -0.3 is 11.1 Å². The second kappa shape index (κ2) is 5.37. The fourth-order valence-corrected chi connectivity index (χ4v) is 2.77. The average Bonchev–Trinajstić information content (AvgIpc) is 2.47. The monoisotopic (exact) mass is 341 g/mol. The van der Waals surface area contributed by atoms with Gasteiger partial charge in [0.1, 0.15) is 5.82 Å². The van der Waals surface area contributed by atoms with Crippen LogP contribution in [0.4, 0.5) is 17.2 Å². The Morgan fingerprint density at radius 3 is 2.57 bits per heavy atom. The first-order chi connectivity index (χ1) is 10.1. The van der Waals surface area contributed by atoms with E-state index in [1.807, 2.05) is 24.3 Å². The van der Waals surface area contributed by atoms with Crippen LogP contribution in [0.1, 0.15) is 11.1 Å². The van der Waals surface area contributed by atoms with E-state index in [1.54, 1.807) is 6.20 Å².